The van der Waals surface area contributed by atoms with Crippen molar-refractivity contribution in [2.24, 2.45) is 0 Å². The average Bonchev–Trinajstić information content (AvgIpc) is 3.79. The number of hydrogen-bond donors (Lipinski definition) is 0. The molecule has 0 fully saturated rings. The third-order valence-corrected chi connectivity index (χ3v) is 11.1. The van der Waals surface area contributed by atoms with E-state index in [2.05, 4.69) is 177 Å². The first-order valence-electron chi connectivity index (χ1n) is 16.4. The number of benzene rings is 7. The fraction of sp³-hybridized carbons (Fsp3) is 0. The van der Waals surface area contributed by atoms with Gasteiger partial charge in [0.05, 0.1) is 27.8 Å². The molecule has 0 saturated heterocycles. The Labute approximate surface area is 280 Å². The lowest BCUT2D eigenvalue weighted by molar-refractivity contribution is 1.03. The zero-order valence-corrected chi connectivity index (χ0v) is 26.7. The second-order valence-corrected chi connectivity index (χ2v) is 13.6. The summed E-state index contributed by atoms with van der Waals surface area (Å²) in [6.07, 6.45) is 0. The zero-order chi connectivity index (χ0) is 31.3. The second-order valence-electron chi connectivity index (χ2n) is 12.5. The monoisotopic (exact) mass is 629 g/mol. The standard InChI is InChI=1S/C44H27N3S/c1-3-13-28(14-4-1)31-18-11-22-37-41(31)42-34-19-12-24-40-43(34)47(36-21-9-10-23-39(36)48-40)44(42)46(37)30-25-26-33-32-17-7-8-20-35(32)45(38(33)27-30)29-15-5-2-6-16-29/h1-27H. The van der Waals surface area contributed by atoms with Gasteiger partial charge in [-0.1, -0.05) is 121 Å². The van der Waals surface area contributed by atoms with Crippen LogP contribution in [0.2, 0.25) is 0 Å². The number of fused-ring (bicyclic) bond motifs is 10. The molecule has 7 aromatic carbocycles. The predicted molar refractivity (Wildman–Crippen MR) is 202 cm³/mol. The van der Waals surface area contributed by atoms with Gasteiger partial charge in [-0.15, -0.1) is 0 Å². The van der Waals surface area contributed by atoms with Gasteiger partial charge in [0.2, 0.25) is 0 Å². The second kappa shape index (κ2) is 9.77. The first-order valence-corrected chi connectivity index (χ1v) is 17.2. The van der Waals surface area contributed by atoms with Crippen molar-refractivity contribution in [3.63, 3.8) is 0 Å². The maximum atomic E-state index is 2.53. The molecule has 3 nitrogen and oxygen atoms in total. The summed E-state index contributed by atoms with van der Waals surface area (Å²) in [7, 11) is 0. The lowest BCUT2D eigenvalue weighted by Gasteiger charge is -2.21. The van der Waals surface area contributed by atoms with E-state index in [1.165, 1.54) is 81.3 Å². The van der Waals surface area contributed by atoms with Gasteiger partial charge in [-0.05, 0) is 65.7 Å². The Morgan fingerprint density at radius 1 is 0.396 bits per heavy atom. The predicted octanol–water partition coefficient (Wildman–Crippen LogP) is 12.0. The fourth-order valence-corrected chi connectivity index (χ4v) is 9.18. The molecule has 3 aromatic heterocycles. The summed E-state index contributed by atoms with van der Waals surface area (Å²) < 4.78 is 7.45. The minimum atomic E-state index is 1.14. The molecule has 0 unspecified atom stereocenters. The molecule has 0 aliphatic carbocycles. The maximum absolute atomic E-state index is 2.53. The van der Waals surface area contributed by atoms with Gasteiger partial charge in [-0.2, -0.15) is 0 Å². The highest BCUT2D eigenvalue weighted by atomic mass is 32.2. The topological polar surface area (TPSA) is 14.8 Å². The van der Waals surface area contributed by atoms with Gasteiger partial charge in [0.1, 0.15) is 5.65 Å². The van der Waals surface area contributed by atoms with E-state index < -0.39 is 0 Å². The number of hydrogen-bond acceptors (Lipinski definition) is 1. The number of nitrogens with zero attached hydrogens (tertiary/aromatic N) is 3. The van der Waals surface area contributed by atoms with Crippen LogP contribution in [-0.4, -0.2) is 13.7 Å². The maximum Gasteiger partial charge on any atom is 0.131 e. The Bertz CT molecular complexity index is 2910. The van der Waals surface area contributed by atoms with Gasteiger partial charge in [0, 0.05) is 48.1 Å². The Hall–Kier alpha value is -5.97. The molecule has 10 aromatic rings. The van der Waals surface area contributed by atoms with Crippen molar-refractivity contribution >= 4 is 66.4 Å². The van der Waals surface area contributed by atoms with E-state index in [1.54, 1.807) is 0 Å². The molecule has 48 heavy (non-hydrogen) atoms. The molecule has 11 rings (SSSR count). The number of aromatic nitrogens is 3. The van der Waals surface area contributed by atoms with Crippen LogP contribution < -0.4 is 0 Å². The molecule has 224 valence electrons. The molecule has 4 heterocycles. The van der Waals surface area contributed by atoms with Crippen LogP contribution in [0, 0.1) is 0 Å². The van der Waals surface area contributed by atoms with Gasteiger partial charge in [0.25, 0.3) is 0 Å². The summed E-state index contributed by atoms with van der Waals surface area (Å²) in [5.74, 6) is 0. The van der Waals surface area contributed by atoms with Crippen molar-refractivity contribution in [3.05, 3.63) is 164 Å². The summed E-state index contributed by atoms with van der Waals surface area (Å²) in [5.41, 5.74) is 12.1. The zero-order valence-electron chi connectivity index (χ0n) is 25.8. The van der Waals surface area contributed by atoms with Crippen molar-refractivity contribution in [1.29, 1.82) is 0 Å². The molecule has 0 amide bonds. The molecule has 0 saturated carbocycles. The lowest BCUT2D eigenvalue weighted by Crippen LogP contribution is -2.05. The highest BCUT2D eigenvalue weighted by Crippen LogP contribution is 2.51. The van der Waals surface area contributed by atoms with Crippen molar-refractivity contribution in [2.45, 2.75) is 9.79 Å². The average molecular weight is 630 g/mol. The molecule has 0 N–H and O–H groups in total. The van der Waals surface area contributed by atoms with Crippen LogP contribution >= 0.6 is 11.8 Å². The van der Waals surface area contributed by atoms with Gasteiger partial charge in [-0.3, -0.25) is 9.13 Å². The van der Waals surface area contributed by atoms with Crippen LogP contribution in [0.5, 0.6) is 0 Å². The highest BCUT2D eigenvalue weighted by Gasteiger charge is 2.29. The molecule has 0 atom stereocenters. The SMILES string of the molecule is c1ccc(-c2cccc3c2c2c4cccc5c4n(c2n3-c2ccc3c4ccccc4n(-c4ccccc4)c3c2)-c2ccccc2S5)cc1. The van der Waals surface area contributed by atoms with E-state index in [4.69, 9.17) is 0 Å². The van der Waals surface area contributed by atoms with Gasteiger partial charge < -0.3 is 4.57 Å². The summed E-state index contributed by atoms with van der Waals surface area (Å²) >= 11 is 1.87. The third-order valence-electron chi connectivity index (χ3n) is 10.0. The van der Waals surface area contributed by atoms with Crippen LogP contribution in [0.3, 0.4) is 0 Å². The van der Waals surface area contributed by atoms with Crippen LogP contribution in [0.1, 0.15) is 0 Å². The number of rotatable bonds is 3. The highest BCUT2D eigenvalue weighted by molar-refractivity contribution is 7.99. The minimum Gasteiger partial charge on any atom is -0.309 e. The van der Waals surface area contributed by atoms with Crippen LogP contribution in [0.4, 0.5) is 0 Å². The van der Waals surface area contributed by atoms with Gasteiger partial charge >= 0.3 is 0 Å². The van der Waals surface area contributed by atoms with Crippen molar-refractivity contribution in [3.8, 4) is 28.2 Å². The van der Waals surface area contributed by atoms with Gasteiger partial charge in [-0.25, -0.2) is 0 Å². The van der Waals surface area contributed by atoms with Crippen molar-refractivity contribution in [1.82, 2.24) is 13.7 Å². The van der Waals surface area contributed by atoms with E-state index >= 15 is 0 Å². The molecule has 0 radical (unpaired) electrons. The van der Waals surface area contributed by atoms with E-state index in [0.29, 0.717) is 0 Å². The van der Waals surface area contributed by atoms with Crippen LogP contribution in [-0.2, 0) is 0 Å². The molecule has 0 bridgehead atoms. The summed E-state index contributed by atoms with van der Waals surface area (Å²) in [6, 6.07) is 59.8. The molecular formula is C44H27N3S. The van der Waals surface area contributed by atoms with E-state index in [-0.39, 0.29) is 0 Å². The van der Waals surface area contributed by atoms with Crippen LogP contribution in [0.25, 0.3) is 82.8 Å². The first kappa shape index (κ1) is 26.1. The normalized spacial score (nSPS) is 12.5. The summed E-state index contributed by atoms with van der Waals surface area (Å²) in [6.45, 7) is 0. The van der Waals surface area contributed by atoms with Crippen LogP contribution in [0.15, 0.2) is 174 Å². The van der Waals surface area contributed by atoms with Gasteiger partial charge in [0.15, 0.2) is 0 Å². The molecular weight excluding hydrogens is 603 g/mol. The van der Waals surface area contributed by atoms with E-state index in [0.717, 1.165) is 11.4 Å². The lowest BCUT2D eigenvalue weighted by atomic mass is 9.99. The Balaban J connectivity index is 1.34. The largest absolute Gasteiger partial charge is 0.309 e. The smallest absolute Gasteiger partial charge is 0.131 e. The molecule has 1 aliphatic heterocycles. The fourth-order valence-electron chi connectivity index (χ4n) is 8.09. The van der Waals surface area contributed by atoms with Crippen molar-refractivity contribution < 1.29 is 0 Å². The first-order chi connectivity index (χ1) is 23.8. The summed E-state index contributed by atoms with van der Waals surface area (Å²) in [5, 5.41) is 6.38. The molecule has 0 spiro atoms. The summed E-state index contributed by atoms with van der Waals surface area (Å²) in [4.78, 5) is 2.56. The Kier molecular flexibility index (Phi) is 5.32. The number of para-hydroxylation sites is 4. The molecule has 4 heteroatoms. The Morgan fingerprint density at radius 3 is 1.98 bits per heavy atom. The van der Waals surface area contributed by atoms with E-state index in [9.17, 15) is 0 Å². The quantitative estimate of drug-likeness (QED) is 0.190. The third kappa shape index (κ3) is 3.45. The molecule has 1 aliphatic rings. The minimum absolute atomic E-state index is 1.14. The Morgan fingerprint density at radius 2 is 1.08 bits per heavy atom. The van der Waals surface area contributed by atoms with Crippen molar-refractivity contribution in [2.75, 3.05) is 0 Å². The van der Waals surface area contributed by atoms with E-state index in [1.807, 2.05) is 11.8 Å².